The van der Waals surface area contributed by atoms with Gasteiger partial charge in [-0.2, -0.15) is 0 Å². The molecule has 2 aromatic carbocycles. The van der Waals surface area contributed by atoms with Gasteiger partial charge in [-0.05, 0) is 35.7 Å². The molecular formula is C15H15Cl2NOZr. The maximum absolute atomic E-state index is 9.91. The molecule has 0 unspecified atom stereocenters. The van der Waals surface area contributed by atoms with Gasteiger partial charge in [-0.15, -0.1) is 0 Å². The number of aliphatic imine (C=N–C) groups is 1. The molecule has 104 valence electrons. The van der Waals surface area contributed by atoms with E-state index in [1.807, 2.05) is 37.3 Å². The number of phenols is 1. The van der Waals surface area contributed by atoms with Crippen molar-refractivity contribution < 1.29 is 26.0 Å². The average molecular weight is 387 g/mol. The molecule has 0 aliphatic rings. The predicted octanol–water partition coefficient (Wildman–Crippen LogP) is 4.79. The van der Waals surface area contributed by atoms with Gasteiger partial charge in [0, 0.05) is 18.8 Å². The van der Waals surface area contributed by atoms with Crippen molar-refractivity contribution in [2.24, 2.45) is 4.99 Å². The van der Waals surface area contributed by atoms with Gasteiger partial charge in [-0.1, -0.05) is 30.3 Å². The minimum absolute atomic E-state index is 0.301. The Morgan fingerprint density at radius 2 is 1.70 bits per heavy atom. The number of phenolic OH excluding ortho intramolecular Hbond substituents is 1. The van der Waals surface area contributed by atoms with E-state index in [4.69, 9.17) is 17.0 Å². The van der Waals surface area contributed by atoms with Crippen LogP contribution in [0.1, 0.15) is 11.1 Å². The second-order valence-electron chi connectivity index (χ2n) is 4.06. The topological polar surface area (TPSA) is 32.6 Å². The van der Waals surface area contributed by atoms with Gasteiger partial charge in [0.15, 0.2) is 0 Å². The monoisotopic (exact) mass is 385 g/mol. The Bertz CT molecular complexity index is 574. The van der Waals surface area contributed by atoms with E-state index in [9.17, 15) is 5.11 Å². The standard InChI is InChI=1S/C15H15NO.2ClH.Zr/c1-11-8-13(12-6-4-3-5-7-12)9-14(10-16-2)15(11)17;;;/h3-10,17H,1-2H3;2*1H;/q;;;+2/p-2. The second-order valence-corrected chi connectivity index (χ2v) is 7.79. The Morgan fingerprint density at radius 1 is 1.10 bits per heavy atom. The molecule has 0 saturated heterocycles. The fourth-order valence-corrected chi connectivity index (χ4v) is 1.84. The van der Waals surface area contributed by atoms with Crippen LogP contribution >= 0.6 is 17.0 Å². The summed E-state index contributed by atoms with van der Waals surface area (Å²) in [5.74, 6) is 0.301. The molecule has 0 fully saturated rings. The summed E-state index contributed by atoms with van der Waals surface area (Å²) in [5.41, 5.74) is 3.85. The summed E-state index contributed by atoms with van der Waals surface area (Å²) >= 11 is -0.826. The number of rotatable bonds is 2. The van der Waals surface area contributed by atoms with E-state index < -0.39 is 20.8 Å². The summed E-state index contributed by atoms with van der Waals surface area (Å²) < 4.78 is 0. The first-order valence-corrected chi connectivity index (χ1v) is 12.2. The van der Waals surface area contributed by atoms with Crippen molar-refractivity contribution in [1.82, 2.24) is 0 Å². The van der Waals surface area contributed by atoms with Crippen molar-refractivity contribution in [2.75, 3.05) is 7.05 Å². The molecule has 0 aromatic heterocycles. The zero-order valence-corrected chi connectivity index (χ0v) is 15.2. The van der Waals surface area contributed by atoms with Crippen molar-refractivity contribution in [3.8, 4) is 16.9 Å². The molecule has 5 heteroatoms. The van der Waals surface area contributed by atoms with Gasteiger partial charge >= 0.3 is 37.9 Å². The van der Waals surface area contributed by atoms with E-state index >= 15 is 0 Å². The summed E-state index contributed by atoms with van der Waals surface area (Å²) in [7, 11) is 11.6. The van der Waals surface area contributed by atoms with Gasteiger partial charge in [0.2, 0.25) is 0 Å². The van der Waals surface area contributed by atoms with Gasteiger partial charge in [-0.25, -0.2) is 0 Å². The molecule has 0 atom stereocenters. The summed E-state index contributed by atoms with van der Waals surface area (Å²) in [5, 5.41) is 9.91. The van der Waals surface area contributed by atoms with Crippen LogP contribution in [0.3, 0.4) is 0 Å². The number of nitrogens with zero attached hydrogens (tertiary/aromatic N) is 1. The fraction of sp³-hybridized carbons (Fsp3) is 0.133. The quantitative estimate of drug-likeness (QED) is 0.738. The first-order valence-electron chi connectivity index (χ1n) is 5.91. The van der Waals surface area contributed by atoms with Crippen molar-refractivity contribution in [2.45, 2.75) is 6.92 Å². The van der Waals surface area contributed by atoms with Gasteiger partial charge in [0.05, 0.1) is 0 Å². The normalized spacial score (nSPS) is 10.0. The Labute approximate surface area is 138 Å². The van der Waals surface area contributed by atoms with E-state index in [1.54, 1.807) is 13.3 Å². The number of aromatic hydroxyl groups is 1. The van der Waals surface area contributed by atoms with Crippen LogP contribution < -0.4 is 0 Å². The van der Waals surface area contributed by atoms with Gasteiger partial charge in [0.1, 0.15) is 5.75 Å². The van der Waals surface area contributed by atoms with Crippen LogP contribution in [-0.4, -0.2) is 18.4 Å². The zero-order valence-electron chi connectivity index (χ0n) is 11.3. The molecule has 2 aromatic rings. The Hall–Kier alpha value is -0.627. The van der Waals surface area contributed by atoms with E-state index in [-0.39, 0.29) is 0 Å². The maximum atomic E-state index is 9.91. The molecule has 0 aliphatic carbocycles. The SMILES string of the molecule is CN=Cc1cc(-c2ccccc2)cc(C)c1O.[Cl][Zr][Cl]. The summed E-state index contributed by atoms with van der Waals surface area (Å²) in [6, 6.07) is 14.0. The van der Waals surface area contributed by atoms with Crippen molar-refractivity contribution >= 4 is 23.2 Å². The number of halogens is 2. The molecule has 20 heavy (non-hydrogen) atoms. The minimum atomic E-state index is -0.826. The number of aryl methyl sites for hydroxylation is 1. The molecule has 1 N–H and O–H groups in total. The number of hydrogen-bond donors (Lipinski definition) is 1. The van der Waals surface area contributed by atoms with E-state index in [0.29, 0.717) is 5.75 Å². The van der Waals surface area contributed by atoms with E-state index in [2.05, 4.69) is 17.1 Å². The van der Waals surface area contributed by atoms with Gasteiger partial charge in [0.25, 0.3) is 0 Å². The molecule has 0 amide bonds. The third kappa shape index (κ3) is 5.05. The second kappa shape index (κ2) is 9.34. The molecule has 2 nitrogen and oxygen atoms in total. The van der Waals surface area contributed by atoms with Crippen LogP contribution in [0.25, 0.3) is 11.1 Å². The Kier molecular flexibility index (Phi) is 8.13. The molecule has 0 aliphatic heterocycles. The van der Waals surface area contributed by atoms with E-state index in [0.717, 1.165) is 22.3 Å². The molecule has 0 saturated carbocycles. The summed E-state index contributed by atoms with van der Waals surface area (Å²) in [4.78, 5) is 3.96. The van der Waals surface area contributed by atoms with Crippen molar-refractivity contribution in [1.29, 1.82) is 0 Å². The Balaban J connectivity index is 0.000000612. The number of benzene rings is 2. The van der Waals surface area contributed by atoms with Gasteiger partial charge < -0.3 is 5.11 Å². The van der Waals surface area contributed by atoms with Crippen molar-refractivity contribution in [3.05, 3.63) is 53.6 Å². The average Bonchev–Trinajstić information content (AvgIpc) is 2.46. The first kappa shape index (κ1) is 17.4. The summed E-state index contributed by atoms with van der Waals surface area (Å²) in [6.07, 6.45) is 1.68. The molecular weight excluding hydrogens is 372 g/mol. The summed E-state index contributed by atoms with van der Waals surface area (Å²) in [6.45, 7) is 1.90. The zero-order chi connectivity index (χ0) is 15.0. The van der Waals surface area contributed by atoms with Crippen LogP contribution in [0.5, 0.6) is 5.75 Å². The molecule has 0 spiro atoms. The third-order valence-electron chi connectivity index (χ3n) is 2.71. The Morgan fingerprint density at radius 3 is 2.25 bits per heavy atom. The van der Waals surface area contributed by atoms with Crippen LogP contribution in [0.2, 0.25) is 0 Å². The van der Waals surface area contributed by atoms with Crippen LogP contribution in [-0.2, 0) is 20.8 Å². The molecule has 0 radical (unpaired) electrons. The van der Waals surface area contributed by atoms with Gasteiger partial charge in [-0.3, -0.25) is 4.99 Å². The fourth-order valence-electron chi connectivity index (χ4n) is 1.84. The molecule has 0 bridgehead atoms. The van der Waals surface area contributed by atoms with Crippen LogP contribution in [0.4, 0.5) is 0 Å². The molecule has 2 rings (SSSR count). The van der Waals surface area contributed by atoms with Crippen LogP contribution in [0, 0.1) is 6.92 Å². The van der Waals surface area contributed by atoms with E-state index in [1.165, 1.54) is 0 Å². The van der Waals surface area contributed by atoms with Crippen molar-refractivity contribution in [3.63, 3.8) is 0 Å². The molecule has 0 heterocycles. The van der Waals surface area contributed by atoms with Crippen LogP contribution in [0.15, 0.2) is 47.5 Å². The first-order chi connectivity index (χ1) is 9.63. The predicted molar refractivity (Wildman–Crippen MR) is 83.5 cm³/mol. The third-order valence-corrected chi connectivity index (χ3v) is 2.71. The number of hydrogen-bond acceptors (Lipinski definition) is 2.